The number of nitrogens with one attached hydrogen (secondary N) is 1. The zero-order valence-corrected chi connectivity index (χ0v) is 11.1. The Morgan fingerprint density at radius 1 is 1.35 bits per heavy atom. The molecule has 4 heteroatoms. The van der Waals surface area contributed by atoms with Crippen LogP contribution in [0.15, 0.2) is 18.2 Å². The van der Waals surface area contributed by atoms with Gasteiger partial charge in [0, 0.05) is 16.6 Å². The van der Waals surface area contributed by atoms with Crippen LogP contribution in [0.4, 0.5) is 4.39 Å². The molecule has 2 nitrogen and oxygen atoms in total. The molecule has 0 saturated carbocycles. The lowest BCUT2D eigenvalue weighted by molar-refractivity contribution is 0.429. The van der Waals surface area contributed by atoms with Crippen molar-refractivity contribution in [1.29, 1.82) is 0 Å². The highest BCUT2D eigenvalue weighted by Crippen LogP contribution is 2.21. The van der Waals surface area contributed by atoms with Gasteiger partial charge in [-0.1, -0.05) is 31.5 Å². The van der Waals surface area contributed by atoms with E-state index < -0.39 is 0 Å². The molecule has 1 aromatic carbocycles. The highest BCUT2D eigenvalue weighted by atomic mass is 35.5. The molecule has 96 valence electrons. The van der Waals surface area contributed by atoms with Gasteiger partial charge >= 0.3 is 0 Å². The van der Waals surface area contributed by atoms with Gasteiger partial charge < -0.3 is 0 Å². The molecule has 1 unspecified atom stereocenters. The first-order valence-electron chi connectivity index (χ1n) is 5.93. The first-order valence-corrected chi connectivity index (χ1v) is 6.31. The summed E-state index contributed by atoms with van der Waals surface area (Å²) in [5, 5.41) is 0.467. The molecule has 0 radical (unpaired) electrons. The molecule has 0 bridgehead atoms. The van der Waals surface area contributed by atoms with Crippen LogP contribution in [0.2, 0.25) is 5.02 Å². The highest BCUT2D eigenvalue weighted by molar-refractivity contribution is 6.31. The molecule has 0 fully saturated rings. The minimum atomic E-state index is -0.262. The number of hydrazine groups is 1. The largest absolute Gasteiger partial charge is 0.271 e. The Balaban J connectivity index is 2.67. The van der Waals surface area contributed by atoms with Crippen LogP contribution in [0.5, 0.6) is 0 Å². The van der Waals surface area contributed by atoms with Gasteiger partial charge in [0.2, 0.25) is 0 Å². The summed E-state index contributed by atoms with van der Waals surface area (Å²) in [5.74, 6) is 5.84. The van der Waals surface area contributed by atoms with Crippen molar-refractivity contribution in [2.24, 2.45) is 11.8 Å². The van der Waals surface area contributed by atoms with Gasteiger partial charge in [-0.15, -0.1) is 0 Å². The summed E-state index contributed by atoms with van der Waals surface area (Å²) in [4.78, 5) is 0. The maximum Gasteiger partial charge on any atom is 0.127 e. The zero-order valence-electron chi connectivity index (χ0n) is 10.3. The maximum atomic E-state index is 13.6. The Morgan fingerprint density at radius 3 is 2.59 bits per heavy atom. The molecular formula is C13H20ClFN2. The monoisotopic (exact) mass is 258 g/mol. The lowest BCUT2D eigenvalue weighted by Gasteiger charge is -2.18. The van der Waals surface area contributed by atoms with Gasteiger partial charge in [0.05, 0.1) is 0 Å². The van der Waals surface area contributed by atoms with Crippen LogP contribution in [0.25, 0.3) is 0 Å². The third-order valence-electron chi connectivity index (χ3n) is 2.84. The van der Waals surface area contributed by atoms with Crippen molar-refractivity contribution < 1.29 is 4.39 Å². The molecule has 17 heavy (non-hydrogen) atoms. The summed E-state index contributed by atoms with van der Waals surface area (Å²) in [6.07, 6.45) is 2.49. The molecule has 1 aromatic rings. The van der Waals surface area contributed by atoms with E-state index in [0.717, 1.165) is 12.8 Å². The predicted octanol–water partition coefficient (Wildman–Crippen LogP) is 3.29. The fourth-order valence-electron chi connectivity index (χ4n) is 1.75. The van der Waals surface area contributed by atoms with Gasteiger partial charge in [0.25, 0.3) is 0 Å². The molecular weight excluding hydrogens is 239 g/mol. The fraction of sp³-hybridized carbons (Fsp3) is 0.538. The van der Waals surface area contributed by atoms with Crippen LogP contribution in [-0.4, -0.2) is 6.04 Å². The lowest BCUT2D eigenvalue weighted by Crippen LogP contribution is -2.37. The van der Waals surface area contributed by atoms with Crippen molar-refractivity contribution in [2.75, 3.05) is 0 Å². The van der Waals surface area contributed by atoms with Gasteiger partial charge in [-0.05, 0) is 37.3 Å². The average Bonchev–Trinajstić information content (AvgIpc) is 2.27. The number of benzene rings is 1. The Kier molecular flexibility index (Phi) is 5.89. The normalized spacial score (nSPS) is 13.1. The quantitative estimate of drug-likeness (QED) is 0.607. The second kappa shape index (κ2) is 6.94. The minimum absolute atomic E-state index is 0.0619. The molecule has 0 aliphatic carbocycles. The standard InChI is InChI=1S/C13H20ClFN2/c1-9(2)6-7-10(17-16)8-11-12(14)4-3-5-13(11)15/h3-5,9-10,17H,6-8,16H2,1-2H3. The Labute approximate surface area is 107 Å². The molecule has 0 saturated heterocycles. The Bertz CT molecular complexity index is 335. The van der Waals surface area contributed by atoms with E-state index in [1.54, 1.807) is 12.1 Å². The van der Waals surface area contributed by atoms with Crippen LogP contribution in [0.3, 0.4) is 0 Å². The van der Waals surface area contributed by atoms with E-state index >= 15 is 0 Å². The lowest BCUT2D eigenvalue weighted by atomic mass is 9.98. The van der Waals surface area contributed by atoms with Gasteiger partial charge in [0.15, 0.2) is 0 Å². The van der Waals surface area contributed by atoms with Crippen LogP contribution >= 0.6 is 11.6 Å². The first kappa shape index (κ1) is 14.4. The van der Waals surface area contributed by atoms with E-state index in [-0.39, 0.29) is 11.9 Å². The van der Waals surface area contributed by atoms with Crippen LogP contribution < -0.4 is 11.3 Å². The molecule has 1 atom stereocenters. The van der Waals surface area contributed by atoms with Gasteiger partial charge in [0.1, 0.15) is 5.82 Å². The van der Waals surface area contributed by atoms with E-state index in [2.05, 4.69) is 19.3 Å². The van der Waals surface area contributed by atoms with Crippen molar-refractivity contribution in [2.45, 2.75) is 39.2 Å². The van der Waals surface area contributed by atoms with Crippen molar-refractivity contribution in [3.05, 3.63) is 34.6 Å². The van der Waals surface area contributed by atoms with Crippen LogP contribution in [0.1, 0.15) is 32.3 Å². The average molecular weight is 259 g/mol. The first-order chi connectivity index (χ1) is 8.04. The Hall–Kier alpha value is -0.640. The second-order valence-electron chi connectivity index (χ2n) is 4.74. The summed E-state index contributed by atoms with van der Waals surface area (Å²) >= 11 is 5.98. The smallest absolute Gasteiger partial charge is 0.127 e. The third-order valence-corrected chi connectivity index (χ3v) is 3.19. The van der Waals surface area contributed by atoms with Crippen LogP contribution in [0, 0.1) is 11.7 Å². The number of hydrogen-bond acceptors (Lipinski definition) is 2. The molecule has 3 N–H and O–H groups in total. The van der Waals surface area contributed by atoms with Gasteiger partial charge in [-0.2, -0.15) is 0 Å². The maximum absolute atomic E-state index is 13.6. The summed E-state index contributed by atoms with van der Waals surface area (Å²) in [6, 6.07) is 4.81. The topological polar surface area (TPSA) is 38.0 Å². The van der Waals surface area contributed by atoms with E-state index in [4.69, 9.17) is 17.4 Å². The minimum Gasteiger partial charge on any atom is -0.271 e. The molecule has 0 heterocycles. The van der Waals surface area contributed by atoms with Crippen molar-refractivity contribution in [3.63, 3.8) is 0 Å². The van der Waals surface area contributed by atoms with E-state index in [9.17, 15) is 4.39 Å². The summed E-state index contributed by atoms with van der Waals surface area (Å²) in [6.45, 7) is 4.31. The van der Waals surface area contributed by atoms with Crippen molar-refractivity contribution in [1.82, 2.24) is 5.43 Å². The van der Waals surface area contributed by atoms with Gasteiger partial charge in [-0.25, -0.2) is 4.39 Å². The summed E-state index contributed by atoms with van der Waals surface area (Å²) in [7, 11) is 0. The molecule has 0 aromatic heterocycles. The third kappa shape index (κ3) is 4.62. The van der Waals surface area contributed by atoms with Crippen LogP contribution in [-0.2, 0) is 6.42 Å². The van der Waals surface area contributed by atoms with Crippen molar-refractivity contribution >= 4 is 11.6 Å². The second-order valence-corrected chi connectivity index (χ2v) is 5.15. The fourth-order valence-corrected chi connectivity index (χ4v) is 1.99. The zero-order chi connectivity index (χ0) is 12.8. The number of hydrogen-bond donors (Lipinski definition) is 2. The molecule has 0 aliphatic heterocycles. The Morgan fingerprint density at radius 2 is 2.06 bits per heavy atom. The number of halogens is 2. The number of rotatable bonds is 6. The predicted molar refractivity (Wildman–Crippen MR) is 70.3 cm³/mol. The van der Waals surface area contributed by atoms with E-state index in [0.29, 0.717) is 22.9 Å². The highest BCUT2D eigenvalue weighted by Gasteiger charge is 2.14. The molecule has 0 aliphatic rings. The summed E-state index contributed by atoms with van der Waals surface area (Å²) < 4.78 is 13.6. The van der Waals surface area contributed by atoms with E-state index in [1.807, 2.05) is 0 Å². The molecule has 0 spiro atoms. The van der Waals surface area contributed by atoms with Gasteiger partial charge in [-0.3, -0.25) is 11.3 Å². The molecule has 0 amide bonds. The SMILES string of the molecule is CC(C)CCC(Cc1c(F)cccc1Cl)NN. The summed E-state index contributed by atoms with van der Waals surface area (Å²) in [5.41, 5.74) is 3.28. The molecule has 1 rings (SSSR count). The van der Waals surface area contributed by atoms with E-state index in [1.165, 1.54) is 6.07 Å². The number of nitrogens with two attached hydrogens (primary N) is 1. The van der Waals surface area contributed by atoms with Crippen molar-refractivity contribution in [3.8, 4) is 0 Å².